The maximum Gasteiger partial charge on any atom is 0.232 e. The molecule has 0 bridgehead atoms. The van der Waals surface area contributed by atoms with Crippen LogP contribution in [0.5, 0.6) is 0 Å². The van der Waals surface area contributed by atoms with E-state index in [2.05, 4.69) is 22.2 Å². The van der Waals surface area contributed by atoms with Gasteiger partial charge in [0.2, 0.25) is 15.9 Å². The fraction of sp³-hybridized carbons (Fsp3) is 0.667. The molecule has 1 saturated heterocycles. The van der Waals surface area contributed by atoms with Gasteiger partial charge < -0.3 is 15.1 Å². The molecule has 164 valence electrons. The summed E-state index contributed by atoms with van der Waals surface area (Å²) in [5.74, 6) is -0.0159. The Morgan fingerprint density at radius 1 is 1.14 bits per heavy atom. The molecule has 1 heterocycles. The molecular formula is C21H36N4O3S. The zero-order valence-corrected chi connectivity index (χ0v) is 19.1. The molecule has 8 heteroatoms. The number of nitrogens with zero attached hydrogens (tertiary/aromatic N) is 3. The molecule has 0 spiro atoms. The summed E-state index contributed by atoms with van der Waals surface area (Å²) in [6, 6.07) is 5.78. The largest absolute Gasteiger partial charge is 0.356 e. The number of benzene rings is 1. The van der Waals surface area contributed by atoms with E-state index in [0.29, 0.717) is 31.6 Å². The van der Waals surface area contributed by atoms with Gasteiger partial charge in [-0.3, -0.25) is 9.10 Å². The third-order valence-corrected chi connectivity index (χ3v) is 6.55. The predicted octanol–water partition coefficient (Wildman–Crippen LogP) is 1.60. The molecular weight excluding hydrogens is 388 g/mol. The van der Waals surface area contributed by atoms with Crippen LogP contribution in [0.4, 0.5) is 5.69 Å². The van der Waals surface area contributed by atoms with E-state index in [1.165, 1.54) is 10.6 Å². The van der Waals surface area contributed by atoms with Crippen LogP contribution in [-0.4, -0.2) is 83.2 Å². The Hall–Kier alpha value is -1.64. The van der Waals surface area contributed by atoms with Crippen LogP contribution < -0.4 is 9.62 Å². The summed E-state index contributed by atoms with van der Waals surface area (Å²) in [6.45, 7) is 10.2. The van der Waals surface area contributed by atoms with Gasteiger partial charge in [-0.05, 0) is 57.5 Å². The first-order valence-electron chi connectivity index (χ1n) is 10.4. The maximum absolute atomic E-state index is 12.3. The van der Waals surface area contributed by atoms with Gasteiger partial charge in [-0.2, -0.15) is 0 Å². The van der Waals surface area contributed by atoms with Gasteiger partial charge in [0.25, 0.3) is 0 Å². The van der Waals surface area contributed by atoms with Crippen molar-refractivity contribution in [3.8, 4) is 0 Å². The lowest BCUT2D eigenvalue weighted by Crippen LogP contribution is -2.45. The zero-order valence-electron chi connectivity index (χ0n) is 18.3. The summed E-state index contributed by atoms with van der Waals surface area (Å²) >= 11 is 0. The number of amides is 1. The van der Waals surface area contributed by atoms with Gasteiger partial charge in [-0.1, -0.05) is 12.1 Å². The fourth-order valence-electron chi connectivity index (χ4n) is 3.53. The van der Waals surface area contributed by atoms with Crippen LogP contribution in [-0.2, 0) is 14.8 Å². The Bertz CT molecular complexity index is 774. The third-order valence-electron chi connectivity index (χ3n) is 5.37. The molecule has 1 aliphatic heterocycles. The number of carbonyl (C=O) groups is 1. The molecule has 1 fully saturated rings. The average Bonchev–Trinajstić information content (AvgIpc) is 2.65. The highest BCUT2D eigenvalue weighted by Gasteiger charge is 2.19. The van der Waals surface area contributed by atoms with E-state index >= 15 is 0 Å². The van der Waals surface area contributed by atoms with E-state index in [1.54, 1.807) is 0 Å². The van der Waals surface area contributed by atoms with Crippen LogP contribution in [0, 0.1) is 13.8 Å². The van der Waals surface area contributed by atoms with Gasteiger partial charge >= 0.3 is 0 Å². The van der Waals surface area contributed by atoms with Gasteiger partial charge in [0.05, 0.1) is 11.9 Å². The Morgan fingerprint density at radius 3 is 2.48 bits per heavy atom. The molecule has 29 heavy (non-hydrogen) atoms. The van der Waals surface area contributed by atoms with Crippen LogP contribution in [0.2, 0.25) is 0 Å². The van der Waals surface area contributed by atoms with Crippen LogP contribution in [0.25, 0.3) is 0 Å². The lowest BCUT2D eigenvalue weighted by atomic mass is 10.1. The van der Waals surface area contributed by atoms with Gasteiger partial charge in [0.1, 0.15) is 0 Å². The molecule has 2 rings (SSSR count). The van der Waals surface area contributed by atoms with Gasteiger partial charge in [0.15, 0.2) is 0 Å². The van der Waals surface area contributed by atoms with E-state index in [4.69, 9.17) is 0 Å². The zero-order chi connectivity index (χ0) is 21.4. The Labute approximate surface area is 176 Å². The topological polar surface area (TPSA) is 73.0 Å². The fourth-order valence-corrected chi connectivity index (χ4v) is 4.54. The molecule has 1 aromatic rings. The summed E-state index contributed by atoms with van der Waals surface area (Å²) in [5.41, 5.74) is 2.62. The monoisotopic (exact) mass is 424 g/mol. The third kappa shape index (κ3) is 7.95. The van der Waals surface area contributed by atoms with Gasteiger partial charge in [0, 0.05) is 45.7 Å². The predicted molar refractivity (Wildman–Crippen MR) is 119 cm³/mol. The Kier molecular flexibility index (Phi) is 8.92. The van der Waals surface area contributed by atoms with E-state index in [9.17, 15) is 13.2 Å². The molecule has 1 aromatic carbocycles. The first-order chi connectivity index (χ1) is 13.7. The Balaban J connectivity index is 1.73. The second kappa shape index (κ2) is 10.9. The van der Waals surface area contributed by atoms with Crippen molar-refractivity contribution < 1.29 is 13.2 Å². The van der Waals surface area contributed by atoms with Crippen LogP contribution in [0.1, 0.15) is 30.4 Å². The summed E-state index contributed by atoms with van der Waals surface area (Å²) in [6.07, 6.45) is 2.97. The number of hydrogen-bond donors (Lipinski definition) is 1. The number of hydrogen-bond acceptors (Lipinski definition) is 5. The van der Waals surface area contributed by atoms with Crippen molar-refractivity contribution in [3.05, 3.63) is 29.3 Å². The molecule has 1 aliphatic rings. The van der Waals surface area contributed by atoms with Crippen LogP contribution >= 0.6 is 0 Å². The maximum atomic E-state index is 12.3. The normalized spacial score (nSPS) is 16.0. The molecule has 0 saturated carbocycles. The van der Waals surface area contributed by atoms with E-state index in [1.807, 2.05) is 32.0 Å². The van der Waals surface area contributed by atoms with E-state index < -0.39 is 10.0 Å². The van der Waals surface area contributed by atoms with Crippen LogP contribution in [0.3, 0.4) is 0 Å². The molecule has 0 aliphatic carbocycles. The van der Waals surface area contributed by atoms with E-state index in [0.717, 1.165) is 50.3 Å². The molecule has 0 unspecified atom stereocenters. The summed E-state index contributed by atoms with van der Waals surface area (Å²) in [5, 5.41) is 2.96. The first kappa shape index (κ1) is 23.6. The minimum atomic E-state index is -3.40. The summed E-state index contributed by atoms with van der Waals surface area (Å²) < 4.78 is 26.0. The number of rotatable bonds is 10. The lowest BCUT2D eigenvalue weighted by molar-refractivity contribution is -0.121. The van der Waals surface area contributed by atoms with Crippen LogP contribution in [0.15, 0.2) is 18.2 Å². The lowest BCUT2D eigenvalue weighted by Gasteiger charge is -2.32. The van der Waals surface area contributed by atoms with Gasteiger partial charge in [-0.15, -0.1) is 0 Å². The number of piperazine rings is 1. The second-order valence-electron chi connectivity index (χ2n) is 8.08. The highest BCUT2D eigenvalue weighted by atomic mass is 32.2. The number of nitrogens with one attached hydrogen (secondary N) is 1. The van der Waals surface area contributed by atoms with Crippen molar-refractivity contribution in [1.29, 1.82) is 0 Å². The number of likely N-dealkylation sites (N-methyl/N-ethyl adjacent to an activating group) is 1. The highest BCUT2D eigenvalue weighted by Crippen LogP contribution is 2.24. The van der Waals surface area contributed by atoms with Crippen molar-refractivity contribution in [2.24, 2.45) is 0 Å². The van der Waals surface area contributed by atoms with E-state index in [-0.39, 0.29) is 5.91 Å². The number of carbonyl (C=O) groups excluding carboxylic acids is 1. The molecule has 1 amide bonds. The molecule has 0 radical (unpaired) electrons. The van der Waals surface area contributed by atoms with Gasteiger partial charge in [-0.25, -0.2) is 8.42 Å². The quantitative estimate of drug-likeness (QED) is 0.578. The van der Waals surface area contributed by atoms with Crippen molar-refractivity contribution >= 4 is 21.6 Å². The second-order valence-corrected chi connectivity index (χ2v) is 9.98. The number of anilines is 1. The number of aryl methyl sites for hydroxylation is 2. The standard InChI is InChI=1S/C21H36N4O3S/c1-18-8-9-19(2)20(17-18)25(29(4,27)28)12-5-7-21(26)22-10-6-11-24-15-13-23(3)14-16-24/h8-9,17H,5-7,10-16H2,1-4H3,(H,22,26). The molecule has 1 N–H and O–H groups in total. The number of sulfonamides is 1. The minimum Gasteiger partial charge on any atom is -0.356 e. The summed E-state index contributed by atoms with van der Waals surface area (Å²) in [7, 11) is -1.26. The first-order valence-corrected chi connectivity index (χ1v) is 12.2. The minimum absolute atomic E-state index is 0.0159. The molecule has 0 atom stereocenters. The van der Waals surface area contributed by atoms with Crippen molar-refractivity contribution in [3.63, 3.8) is 0 Å². The molecule has 7 nitrogen and oxygen atoms in total. The van der Waals surface area contributed by atoms with Crippen molar-refractivity contribution in [2.45, 2.75) is 33.1 Å². The molecule has 0 aromatic heterocycles. The Morgan fingerprint density at radius 2 is 1.83 bits per heavy atom. The summed E-state index contributed by atoms with van der Waals surface area (Å²) in [4.78, 5) is 16.9. The van der Waals surface area contributed by atoms with Crippen molar-refractivity contribution in [1.82, 2.24) is 15.1 Å². The van der Waals surface area contributed by atoms with Crippen molar-refractivity contribution in [2.75, 3.05) is 63.4 Å². The smallest absolute Gasteiger partial charge is 0.232 e. The highest BCUT2D eigenvalue weighted by molar-refractivity contribution is 7.92. The SMILES string of the molecule is Cc1ccc(C)c(N(CCCC(=O)NCCCN2CCN(C)CC2)S(C)(=O)=O)c1. The average molecular weight is 425 g/mol.